The van der Waals surface area contributed by atoms with Gasteiger partial charge in [0.2, 0.25) is 0 Å². The van der Waals surface area contributed by atoms with Crippen LogP contribution >= 0.6 is 11.8 Å². The highest BCUT2D eigenvalue weighted by Gasteiger charge is 2.20. The van der Waals surface area contributed by atoms with Crippen molar-refractivity contribution in [3.63, 3.8) is 0 Å². The molecule has 5 nitrogen and oxygen atoms in total. The number of carbonyl (C=O) groups excluding carboxylic acids is 1. The van der Waals surface area contributed by atoms with Gasteiger partial charge in [0.05, 0.1) is 16.9 Å². The molecule has 1 aromatic heterocycles. The Morgan fingerprint density at radius 2 is 1.73 bits per heavy atom. The summed E-state index contributed by atoms with van der Waals surface area (Å²) in [7, 11) is 0. The second-order valence-electron chi connectivity index (χ2n) is 7.35. The second kappa shape index (κ2) is 7.07. The highest BCUT2D eigenvalue weighted by Crippen LogP contribution is 2.46. The summed E-state index contributed by atoms with van der Waals surface area (Å²) < 4.78 is 1.33. The number of carbonyl (C=O) groups is 1. The third-order valence-corrected chi connectivity index (χ3v) is 6.41. The minimum absolute atomic E-state index is 0.274. The number of anilines is 2. The number of para-hydroxylation sites is 1. The number of pyridine rings is 1. The average molecular weight is 414 g/mol. The quantitative estimate of drug-likeness (QED) is 0.417. The smallest absolute Gasteiger partial charge is 0.270 e. The van der Waals surface area contributed by atoms with Crippen molar-refractivity contribution in [3.05, 3.63) is 93.8 Å². The van der Waals surface area contributed by atoms with Gasteiger partial charge in [0.25, 0.3) is 11.5 Å². The Bertz CT molecular complexity index is 1380. The summed E-state index contributed by atoms with van der Waals surface area (Å²) in [5.74, 6) is -0.330. The number of aromatic nitrogens is 1. The van der Waals surface area contributed by atoms with E-state index in [0.29, 0.717) is 11.1 Å². The minimum atomic E-state index is -0.330. The Labute approximate surface area is 177 Å². The molecule has 2 heterocycles. The van der Waals surface area contributed by atoms with Crippen LogP contribution < -0.4 is 16.3 Å². The first-order valence-electron chi connectivity index (χ1n) is 9.62. The molecular formula is C24H19N3O2S. The maximum atomic E-state index is 12.8. The summed E-state index contributed by atoms with van der Waals surface area (Å²) in [6.45, 7) is 3.98. The second-order valence-corrected chi connectivity index (χ2v) is 8.43. The standard InChI is InChI=1S/C24H19N3O2S/c1-14-7-6-10-20-23(14)25-18-13-19-17(12-21(18)30-20)15(2)11-22(28)27(19)26-24(29)16-8-4-3-5-9-16/h3-13,25H,1-2H3,(H,26,29). The van der Waals surface area contributed by atoms with Gasteiger partial charge in [-0.3, -0.25) is 15.0 Å². The van der Waals surface area contributed by atoms with Crippen LogP contribution in [0, 0.1) is 13.8 Å². The lowest BCUT2D eigenvalue weighted by atomic mass is 10.1. The molecule has 0 radical (unpaired) electrons. The fourth-order valence-corrected chi connectivity index (χ4v) is 4.80. The van der Waals surface area contributed by atoms with Gasteiger partial charge < -0.3 is 5.32 Å². The first-order valence-corrected chi connectivity index (χ1v) is 10.4. The van der Waals surface area contributed by atoms with E-state index in [1.165, 1.54) is 9.57 Å². The molecule has 0 fully saturated rings. The van der Waals surface area contributed by atoms with E-state index >= 15 is 0 Å². The topological polar surface area (TPSA) is 63.1 Å². The van der Waals surface area contributed by atoms with Gasteiger partial charge in [-0.15, -0.1) is 0 Å². The third-order valence-electron chi connectivity index (χ3n) is 5.29. The van der Waals surface area contributed by atoms with Crippen molar-refractivity contribution in [2.75, 3.05) is 10.7 Å². The lowest BCUT2D eigenvalue weighted by molar-refractivity contribution is 0.101. The van der Waals surface area contributed by atoms with Crippen LogP contribution in [0.15, 0.2) is 81.3 Å². The van der Waals surface area contributed by atoms with Crippen LogP contribution in [0.25, 0.3) is 10.9 Å². The Hall–Kier alpha value is -3.51. The molecule has 0 spiro atoms. The molecule has 0 saturated heterocycles. The van der Waals surface area contributed by atoms with Crippen molar-refractivity contribution >= 4 is 39.9 Å². The lowest BCUT2D eigenvalue weighted by Gasteiger charge is -2.24. The summed E-state index contributed by atoms with van der Waals surface area (Å²) in [5.41, 5.74) is 7.67. The van der Waals surface area contributed by atoms with E-state index in [1.54, 1.807) is 42.1 Å². The zero-order chi connectivity index (χ0) is 20.8. The Kier molecular flexibility index (Phi) is 4.37. The molecule has 0 atom stereocenters. The van der Waals surface area contributed by atoms with Gasteiger partial charge >= 0.3 is 0 Å². The summed E-state index contributed by atoms with van der Waals surface area (Å²) in [4.78, 5) is 27.7. The molecule has 5 rings (SSSR count). The van der Waals surface area contributed by atoms with E-state index in [0.717, 1.165) is 32.8 Å². The summed E-state index contributed by atoms with van der Waals surface area (Å²) in [6.07, 6.45) is 0. The van der Waals surface area contributed by atoms with Crippen LogP contribution in [0.4, 0.5) is 11.4 Å². The molecule has 148 valence electrons. The molecule has 1 aliphatic rings. The van der Waals surface area contributed by atoms with Crippen molar-refractivity contribution in [1.82, 2.24) is 4.68 Å². The summed E-state index contributed by atoms with van der Waals surface area (Å²) in [6, 6.07) is 20.7. The number of fused-ring (bicyclic) bond motifs is 3. The number of hydrogen-bond donors (Lipinski definition) is 2. The van der Waals surface area contributed by atoms with Crippen LogP contribution in [-0.4, -0.2) is 10.6 Å². The molecule has 6 heteroatoms. The van der Waals surface area contributed by atoms with Crippen molar-refractivity contribution in [2.24, 2.45) is 0 Å². The zero-order valence-electron chi connectivity index (χ0n) is 16.5. The van der Waals surface area contributed by atoms with E-state index in [9.17, 15) is 9.59 Å². The van der Waals surface area contributed by atoms with Crippen LogP contribution in [-0.2, 0) is 0 Å². The molecule has 0 saturated carbocycles. The number of aryl methyl sites for hydroxylation is 2. The number of amides is 1. The monoisotopic (exact) mass is 413 g/mol. The molecular weight excluding hydrogens is 394 g/mol. The first kappa shape index (κ1) is 18.5. The molecule has 3 aromatic carbocycles. The number of nitrogens with zero attached hydrogens (tertiary/aromatic N) is 1. The molecule has 2 N–H and O–H groups in total. The van der Waals surface area contributed by atoms with Gasteiger partial charge in [-0.05, 0) is 55.3 Å². The van der Waals surface area contributed by atoms with Gasteiger partial charge in [0.1, 0.15) is 0 Å². The van der Waals surface area contributed by atoms with Crippen LogP contribution in [0.2, 0.25) is 0 Å². The molecule has 30 heavy (non-hydrogen) atoms. The molecule has 0 unspecified atom stereocenters. The van der Waals surface area contributed by atoms with Crippen molar-refractivity contribution in [3.8, 4) is 0 Å². The average Bonchev–Trinajstić information content (AvgIpc) is 2.75. The minimum Gasteiger partial charge on any atom is -0.353 e. The van der Waals surface area contributed by atoms with Crippen molar-refractivity contribution < 1.29 is 4.79 Å². The largest absolute Gasteiger partial charge is 0.353 e. The molecule has 0 bridgehead atoms. The number of rotatable bonds is 2. The SMILES string of the molecule is Cc1cccc2c1Nc1cc3c(cc1S2)c(C)cc(=O)n3NC(=O)c1ccccc1. The predicted octanol–water partition coefficient (Wildman–Crippen LogP) is 5.21. The normalized spacial score (nSPS) is 12.1. The van der Waals surface area contributed by atoms with Crippen molar-refractivity contribution in [1.29, 1.82) is 0 Å². The van der Waals surface area contributed by atoms with E-state index in [2.05, 4.69) is 41.9 Å². The Morgan fingerprint density at radius 3 is 2.53 bits per heavy atom. The lowest BCUT2D eigenvalue weighted by Crippen LogP contribution is -2.33. The Balaban J connectivity index is 1.64. The highest BCUT2D eigenvalue weighted by molar-refractivity contribution is 7.99. The molecule has 4 aromatic rings. The third kappa shape index (κ3) is 3.06. The van der Waals surface area contributed by atoms with Gasteiger partial charge in [-0.2, -0.15) is 0 Å². The Morgan fingerprint density at radius 1 is 0.933 bits per heavy atom. The zero-order valence-corrected chi connectivity index (χ0v) is 17.3. The first-order chi connectivity index (χ1) is 14.5. The number of benzene rings is 3. The predicted molar refractivity (Wildman–Crippen MR) is 122 cm³/mol. The molecule has 1 amide bonds. The molecule has 1 aliphatic heterocycles. The van der Waals surface area contributed by atoms with Gasteiger partial charge in [0, 0.05) is 26.8 Å². The van der Waals surface area contributed by atoms with Crippen LogP contribution in [0.1, 0.15) is 21.5 Å². The van der Waals surface area contributed by atoms with Gasteiger partial charge in [-0.25, -0.2) is 4.68 Å². The number of nitrogens with one attached hydrogen (secondary N) is 2. The van der Waals surface area contributed by atoms with E-state index in [-0.39, 0.29) is 11.5 Å². The van der Waals surface area contributed by atoms with E-state index in [4.69, 9.17) is 0 Å². The van der Waals surface area contributed by atoms with Crippen LogP contribution in [0.5, 0.6) is 0 Å². The van der Waals surface area contributed by atoms with E-state index < -0.39 is 0 Å². The number of hydrogen-bond acceptors (Lipinski definition) is 4. The fraction of sp³-hybridized carbons (Fsp3) is 0.0833. The highest BCUT2D eigenvalue weighted by atomic mass is 32.2. The van der Waals surface area contributed by atoms with E-state index in [1.807, 2.05) is 19.1 Å². The molecule has 0 aliphatic carbocycles. The van der Waals surface area contributed by atoms with Gasteiger partial charge in [0.15, 0.2) is 0 Å². The fourth-order valence-electron chi connectivity index (χ4n) is 3.71. The van der Waals surface area contributed by atoms with Gasteiger partial charge in [-0.1, -0.05) is 42.1 Å². The maximum absolute atomic E-state index is 12.8. The van der Waals surface area contributed by atoms with Crippen LogP contribution in [0.3, 0.4) is 0 Å². The maximum Gasteiger partial charge on any atom is 0.270 e. The van der Waals surface area contributed by atoms with Crippen molar-refractivity contribution in [2.45, 2.75) is 23.6 Å². The summed E-state index contributed by atoms with van der Waals surface area (Å²) >= 11 is 1.70. The summed E-state index contributed by atoms with van der Waals surface area (Å²) in [5, 5.41) is 4.43.